The molecule has 0 spiro atoms. The lowest BCUT2D eigenvalue weighted by Gasteiger charge is -2.36. The van der Waals surface area contributed by atoms with Crippen molar-refractivity contribution in [1.29, 1.82) is 0 Å². The van der Waals surface area contributed by atoms with Gasteiger partial charge in [-0.2, -0.15) is 0 Å². The molecule has 0 saturated heterocycles. The molecule has 0 radical (unpaired) electrons. The fourth-order valence-corrected chi connectivity index (χ4v) is 3.95. The van der Waals surface area contributed by atoms with Crippen molar-refractivity contribution in [2.45, 2.75) is 38.6 Å². The molecule has 1 atom stereocenters. The summed E-state index contributed by atoms with van der Waals surface area (Å²) in [6.45, 7) is 3.73. The molecule has 3 aromatic rings. The third-order valence-corrected chi connectivity index (χ3v) is 5.30. The van der Waals surface area contributed by atoms with Gasteiger partial charge in [-0.3, -0.25) is 9.59 Å². The number of fused-ring (bicyclic) bond motifs is 2. The molecule has 0 bridgehead atoms. The minimum absolute atomic E-state index is 0.199. The monoisotopic (exact) mass is 351 g/mol. The van der Waals surface area contributed by atoms with E-state index in [1.807, 2.05) is 19.1 Å². The summed E-state index contributed by atoms with van der Waals surface area (Å²) in [4.78, 5) is 29.8. The van der Waals surface area contributed by atoms with Crippen LogP contribution < -0.4 is 10.9 Å². The Balaban J connectivity index is 1.79. The Morgan fingerprint density at radius 3 is 2.92 bits per heavy atom. The highest BCUT2D eigenvalue weighted by Crippen LogP contribution is 2.35. The van der Waals surface area contributed by atoms with E-state index < -0.39 is 5.54 Å². The largest absolute Gasteiger partial charge is 0.442 e. The molecule has 0 saturated carbocycles. The molecule has 2 aromatic heterocycles. The Bertz CT molecular complexity index is 1080. The Labute approximate surface area is 150 Å². The van der Waals surface area contributed by atoms with Crippen molar-refractivity contribution in [3.05, 3.63) is 63.4 Å². The lowest BCUT2D eigenvalue weighted by Crippen LogP contribution is -2.46. The number of rotatable bonds is 2. The normalized spacial score (nSPS) is 19.3. The van der Waals surface area contributed by atoms with Gasteiger partial charge < -0.3 is 14.3 Å². The average Bonchev–Trinajstić information content (AvgIpc) is 2.95. The van der Waals surface area contributed by atoms with E-state index in [-0.39, 0.29) is 28.1 Å². The number of nitrogens with zero attached hydrogens (tertiary/aromatic N) is 2. The van der Waals surface area contributed by atoms with Crippen LogP contribution in [0.2, 0.25) is 0 Å². The van der Waals surface area contributed by atoms with Crippen LogP contribution >= 0.6 is 0 Å². The number of carbonyl (C=O) groups is 1. The summed E-state index contributed by atoms with van der Waals surface area (Å²) >= 11 is 0. The Morgan fingerprint density at radius 1 is 1.35 bits per heavy atom. The van der Waals surface area contributed by atoms with Crippen molar-refractivity contribution in [3.8, 4) is 0 Å². The molecule has 1 unspecified atom stereocenters. The van der Waals surface area contributed by atoms with Crippen LogP contribution in [0, 0.1) is 6.92 Å². The topological polar surface area (TPSA) is 77.1 Å². The molecule has 134 valence electrons. The standard InChI is InChI=1S/C20H21N3O3/c1-12-15(16-18(26-12)21-11-23(3)19(16)25)17(24)22-20(2)10-6-8-13-7-4-5-9-14(13)20/h4-5,7,9,11H,6,8,10H2,1-3H3,(H,22,24). The zero-order valence-electron chi connectivity index (χ0n) is 15.1. The molecule has 0 fully saturated rings. The van der Waals surface area contributed by atoms with Gasteiger partial charge in [0.25, 0.3) is 11.5 Å². The maximum atomic E-state index is 13.1. The summed E-state index contributed by atoms with van der Waals surface area (Å²) in [6.07, 6.45) is 4.26. The lowest BCUT2D eigenvalue weighted by molar-refractivity contribution is 0.0895. The SMILES string of the molecule is Cc1oc2ncn(C)c(=O)c2c1C(=O)NC1(C)CCCc2ccccc21. The smallest absolute Gasteiger partial charge is 0.265 e. The number of nitrogens with one attached hydrogen (secondary N) is 1. The van der Waals surface area contributed by atoms with Crippen LogP contribution in [0.5, 0.6) is 0 Å². The van der Waals surface area contributed by atoms with Gasteiger partial charge in [0.15, 0.2) is 0 Å². The van der Waals surface area contributed by atoms with E-state index in [0.29, 0.717) is 5.76 Å². The van der Waals surface area contributed by atoms with Crippen LogP contribution in [0.3, 0.4) is 0 Å². The van der Waals surface area contributed by atoms with Gasteiger partial charge >= 0.3 is 0 Å². The van der Waals surface area contributed by atoms with Crippen LogP contribution in [0.4, 0.5) is 0 Å². The molecular formula is C20H21N3O3. The molecule has 6 nitrogen and oxygen atoms in total. The minimum Gasteiger partial charge on any atom is -0.442 e. The third kappa shape index (κ3) is 2.44. The lowest BCUT2D eigenvalue weighted by atomic mass is 9.77. The van der Waals surface area contributed by atoms with Gasteiger partial charge in [-0.1, -0.05) is 24.3 Å². The highest BCUT2D eigenvalue weighted by molar-refractivity contribution is 6.06. The van der Waals surface area contributed by atoms with Gasteiger partial charge in [0.05, 0.1) is 11.1 Å². The minimum atomic E-state index is -0.477. The van der Waals surface area contributed by atoms with E-state index in [1.54, 1.807) is 14.0 Å². The molecule has 1 N–H and O–H groups in total. The molecule has 26 heavy (non-hydrogen) atoms. The summed E-state index contributed by atoms with van der Waals surface area (Å²) in [5, 5.41) is 3.39. The Kier molecular flexibility index (Phi) is 3.72. The molecule has 1 aliphatic carbocycles. The predicted octanol–water partition coefficient (Wildman–Crippen LogP) is 2.82. The highest BCUT2D eigenvalue weighted by atomic mass is 16.3. The van der Waals surface area contributed by atoms with Gasteiger partial charge in [-0.25, -0.2) is 4.98 Å². The molecule has 1 aliphatic rings. The first-order chi connectivity index (χ1) is 12.4. The first-order valence-electron chi connectivity index (χ1n) is 8.76. The van der Waals surface area contributed by atoms with Crippen LogP contribution in [0.1, 0.15) is 47.0 Å². The summed E-state index contributed by atoms with van der Waals surface area (Å²) in [7, 11) is 1.61. The number of hydrogen-bond donors (Lipinski definition) is 1. The number of aromatic nitrogens is 2. The summed E-state index contributed by atoms with van der Waals surface area (Å²) in [5.41, 5.74) is 2.10. The molecule has 6 heteroatoms. The van der Waals surface area contributed by atoms with E-state index in [4.69, 9.17) is 4.42 Å². The first kappa shape index (κ1) is 16.6. The third-order valence-electron chi connectivity index (χ3n) is 5.30. The molecule has 0 aliphatic heterocycles. The van der Waals surface area contributed by atoms with Gasteiger partial charge in [-0.15, -0.1) is 0 Å². The maximum Gasteiger partial charge on any atom is 0.265 e. The van der Waals surface area contributed by atoms with Crippen molar-refractivity contribution in [1.82, 2.24) is 14.9 Å². The van der Waals surface area contributed by atoms with Gasteiger partial charge in [0.1, 0.15) is 17.5 Å². The van der Waals surface area contributed by atoms with E-state index in [9.17, 15) is 9.59 Å². The van der Waals surface area contributed by atoms with Gasteiger partial charge in [0.2, 0.25) is 5.71 Å². The highest BCUT2D eigenvalue weighted by Gasteiger charge is 2.35. The van der Waals surface area contributed by atoms with Crippen molar-refractivity contribution < 1.29 is 9.21 Å². The van der Waals surface area contributed by atoms with Crippen molar-refractivity contribution in [3.63, 3.8) is 0 Å². The van der Waals surface area contributed by atoms with Crippen LogP contribution in [-0.2, 0) is 19.0 Å². The zero-order chi connectivity index (χ0) is 18.5. The number of benzene rings is 1. The number of hydrogen-bond acceptors (Lipinski definition) is 4. The summed E-state index contributed by atoms with van der Waals surface area (Å²) < 4.78 is 6.92. The second-order valence-electron chi connectivity index (χ2n) is 7.17. The zero-order valence-corrected chi connectivity index (χ0v) is 15.1. The Morgan fingerprint density at radius 2 is 2.12 bits per heavy atom. The Hall–Kier alpha value is -2.89. The van der Waals surface area contributed by atoms with Crippen molar-refractivity contribution in [2.75, 3.05) is 0 Å². The van der Waals surface area contributed by atoms with E-state index in [1.165, 1.54) is 16.5 Å². The summed E-state index contributed by atoms with van der Waals surface area (Å²) in [5.74, 6) is 0.103. The van der Waals surface area contributed by atoms with Crippen molar-refractivity contribution >= 4 is 17.0 Å². The van der Waals surface area contributed by atoms with Gasteiger partial charge in [-0.05, 0) is 44.2 Å². The predicted molar refractivity (Wildman–Crippen MR) is 98.2 cm³/mol. The van der Waals surface area contributed by atoms with Crippen LogP contribution in [0.15, 0.2) is 39.8 Å². The molecule has 1 aromatic carbocycles. The maximum absolute atomic E-state index is 13.1. The van der Waals surface area contributed by atoms with Crippen LogP contribution in [-0.4, -0.2) is 15.5 Å². The number of carbonyl (C=O) groups excluding carboxylic acids is 1. The molecule has 2 heterocycles. The van der Waals surface area contributed by atoms with Crippen LogP contribution in [0.25, 0.3) is 11.1 Å². The van der Waals surface area contributed by atoms with Gasteiger partial charge in [0, 0.05) is 7.05 Å². The second-order valence-corrected chi connectivity index (χ2v) is 7.17. The second kappa shape index (κ2) is 5.83. The fraction of sp³-hybridized carbons (Fsp3) is 0.350. The molecule has 4 rings (SSSR count). The fourth-order valence-electron chi connectivity index (χ4n) is 3.95. The van der Waals surface area contributed by atoms with E-state index in [0.717, 1.165) is 24.8 Å². The quantitative estimate of drug-likeness (QED) is 0.770. The number of furan rings is 1. The first-order valence-corrected chi connectivity index (χ1v) is 8.76. The van der Waals surface area contributed by atoms with E-state index in [2.05, 4.69) is 22.4 Å². The molecule has 1 amide bonds. The van der Waals surface area contributed by atoms with E-state index >= 15 is 0 Å². The summed E-state index contributed by atoms with van der Waals surface area (Å²) in [6, 6.07) is 8.19. The number of aryl methyl sites for hydroxylation is 3. The number of amides is 1. The average molecular weight is 351 g/mol. The van der Waals surface area contributed by atoms with Crippen molar-refractivity contribution in [2.24, 2.45) is 7.05 Å². The molecular weight excluding hydrogens is 330 g/mol.